The van der Waals surface area contributed by atoms with Gasteiger partial charge in [0.2, 0.25) is 12.5 Å². The van der Waals surface area contributed by atoms with Gasteiger partial charge < -0.3 is 39.2 Å². The number of anilines is 1. The second-order valence-corrected chi connectivity index (χ2v) is 9.42. The lowest BCUT2D eigenvalue weighted by atomic mass is 9.65. The Hall–Kier alpha value is -4.60. The second kappa shape index (κ2) is 9.05. The third-order valence-corrected chi connectivity index (χ3v) is 7.45. The van der Waals surface area contributed by atoms with Crippen molar-refractivity contribution in [2.75, 3.05) is 32.9 Å². The highest BCUT2D eigenvalue weighted by molar-refractivity contribution is 5.90. The number of esters is 2. The fourth-order valence-electron chi connectivity index (χ4n) is 5.73. The predicted octanol–water partition coefficient (Wildman–Crippen LogP) is 3.71. The summed E-state index contributed by atoms with van der Waals surface area (Å²) in [6, 6.07) is 13.4. The Morgan fingerprint density at radius 1 is 1.00 bits per heavy atom. The first-order valence-electron chi connectivity index (χ1n) is 12.0. The molecular formula is C28H25NO9. The van der Waals surface area contributed by atoms with Gasteiger partial charge in [0.25, 0.3) is 0 Å². The fraction of sp³-hybridized carbons (Fsp3) is 0.286. The van der Waals surface area contributed by atoms with Crippen molar-refractivity contribution in [3.8, 4) is 28.7 Å². The zero-order valence-electron chi connectivity index (χ0n) is 20.6. The van der Waals surface area contributed by atoms with Crippen LogP contribution in [-0.4, -0.2) is 49.8 Å². The van der Waals surface area contributed by atoms with E-state index >= 15 is 0 Å². The van der Waals surface area contributed by atoms with Crippen LogP contribution in [0.2, 0.25) is 0 Å². The quantitative estimate of drug-likeness (QED) is 0.338. The van der Waals surface area contributed by atoms with Crippen molar-refractivity contribution >= 4 is 17.6 Å². The number of phenols is 2. The number of benzene rings is 3. The third-order valence-electron chi connectivity index (χ3n) is 7.45. The molecule has 1 aliphatic carbocycles. The van der Waals surface area contributed by atoms with Gasteiger partial charge in [0.05, 0.1) is 38.3 Å². The Bertz CT molecular complexity index is 1450. The second-order valence-electron chi connectivity index (χ2n) is 9.42. The van der Waals surface area contributed by atoms with Gasteiger partial charge in [-0.1, -0.05) is 6.07 Å². The molecule has 0 bridgehead atoms. The van der Waals surface area contributed by atoms with Crippen LogP contribution in [-0.2, 0) is 14.3 Å². The maximum absolute atomic E-state index is 13.2. The summed E-state index contributed by atoms with van der Waals surface area (Å²) in [4.78, 5) is 25.3. The summed E-state index contributed by atoms with van der Waals surface area (Å²) in [5, 5.41) is 24.2. The van der Waals surface area contributed by atoms with E-state index in [1.807, 2.05) is 18.2 Å². The summed E-state index contributed by atoms with van der Waals surface area (Å²) in [5.74, 6) is -1.80. The Morgan fingerprint density at radius 3 is 2.50 bits per heavy atom. The molecule has 196 valence electrons. The standard InChI is InChI=1S/C28H25NO9/c1-34-22-8-14(7-19(30)26(22)31)23-16-9-20-21(38-12-37-20)10-17(16)25(18-11-36-28(33)24(18)23)29-15-5-3-4-13(6-15)27(32)35-2/h3-10,18,23-25,29-31H,11-12H2,1-2H3/t18-,23+,24-,25?/m0/s1. The number of methoxy groups -OCH3 is 2. The van der Waals surface area contributed by atoms with Crippen LogP contribution in [0.5, 0.6) is 28.7 Å². The van der Waals surface area contributed by atoms with E-state index in [1.54, 1.807) is 24.3 Å². The largest absolute Gasteiger partial charge is 0.504 e. The average Bonchev–Trinajstić information content (AvgIpc) is 3.55. The van der Waals surface area contributed by atoms with Gasteiger partial charge in [-0.05, 0) is 59.2 Å². The summed E-state index contributed by atoms with van der Waals surface area (Å²) in [7, 11) is 2.71. The molecule has 3 aromatic rings. The van der Waals surface area contributed by atoms with E-state index in [-0.39, 0.29) is 48.6 Å². The lowest BCUT2D eigenvalue weighted by molar-refractivity contribution is -0.141. The molecule has 1 saturated heterocycles. The Labute approximate surface area is 217 Å². The van der Waals surface area contributed by atoms with E-state index in [0.29, 0.717) is 28.3 Å². The van der Waals surface area contributed by atoms with Gasteiger partial charge in [-0.2, -0.15) is 0 Å². The van der Waals surface area contributed by atoms with Crippen molar-refractivity contribution in [3.63, 3.8) is 0 Å². The molecule has 10 heteroatoms. The van der Waals surface area contributed by atoms with Crippen molar-refractivity contribution in [2.24, 2.45) is 11.8 Å². The van der Waals surface area contributed by atoms with Crippen molar-refractivity contribution in [1.82, 2.24) is 0 Å². The fourth-order valence-corrected chi connectivity index (χ4v) is 5.73. The number of nitrogens with one attached hydrogen (secondary N) is 1. The predicted molar refractivity (Wildman–Crippen MR) is 133 cm³/mol. The maximum Gasteiger partial charge on any atom is 0.337 e. The lowest BCUT2D eigenvalue weighted by Gasteiger charge is -2.40. The highest BCUT2D eigenvalue weighted by Gasteiger charge is 2.52. The Kier molecular flexibility index (Phi) is 5.67. The molecule has 0 saturated carbocycles. The van der Waals surface area contributed by atoms with Crippen molar-refractivity contribution < 1.29 is 43.5 Å². The molecule has 4 atom stereocenters. The highest BCUT2D eigenvalue weighted by Crippen LogP contribution is 2.56. The first kappa shape index (κ1) is 23.8. The molecule has 1 unspecified atom stereocenters. The van der Waals surface area contributed by atoms with Crippen LogP contribution in [0.3, 0.4) is 0 Å². The number of cyclic esters (lactones) is 1. The lowest BCUT2D eigenvalue weighted by Crippen LogP contribution is -2.37. The molecule has 0 spiro atoms. The molecule has 3 aromatic carbocycles. The van der Waals surface area contributed by atoms with E-state index < -0.39 is 17.8 Å². The molecule has 38 heavy (non-hydrogen) atoms. The minimum absolute atomic E-state index is 0.0743. The van der Waals surface area contributed by atoms with Gasteiger partial charge in [0.15, 0.2) is 23.0 Å². The van der Waals surface area contributed by atoms with Crippen LogP contribution >= 0.6 is 0 Å². The topological polar surface area (TPSA) is 133 Å². The molecule has 3 aliphatic rings. The molecule has 3 N–H and O–H groups in total. The number of carbonyl (C=O) groups excluding carboxylic acids is 2. The molecule has 0 amide bonds. The summed E-state index contributed by atoms with van der Waals surface area (Å²) in [6.07, 6.45) is 0. The molecule has 0 aromatic heterocycles. The SMILES string of the molecule is COC(=O)c1cccc(NC2c3cc4c(cc3[C@@H](c3cc(O)c(O)c(OC)c3)[C@H]3C(=O)OC[C@H]23)OCO4)c1. The first-order valence-corrected chi connectivity index (χ1v) is 12.0. The molecule has 0 radical (unpaired) electrons. The number of hydrogen-bond donors (Lipinski definition) is 3. The maximum atomic E-state index is 13.2. The van der Waals surface area contributed by atoms with Gasteiger partial charge >= 0.3 is 11.9 Å². The van der Waals surface area contributed by atoms with E-state index in [9.17, 15) is 19.8 Å². The normalized spacial score (nSPS) is 22.7. The van der Waals surface area contributed by atoms with E-state index in [0.717, 1.165) is 11.1 Å². The van der Waals surface area contributed by atoms with E-state index in [4.69, 9.17) is 23.7 Å². The molecular weight excluding hydrogens is 494 g/mol. The summed E-state index contributed by atoms with van der Waals surface area (Å²) in [6.45, 7) is 0.244. The van der Waals surface area contributed by atoms with E-state index in [1.165, 1.54) is 20.3 Å². The van der Waals surface area contributed by atoms with Crippen molar-refractivity contribution in [2.45, 2.75) is 12.0 Å². The first-order chi connectivity index (χ1) is 18.4. The molecule has 6 rings (SSSR count). The Balaban J connectivity index is 1.51. The smallest absolute Gasteiger partial charge is 0.337 e. The number of phenolic OH excluding ortho intramolecular Hbond substituents is 2. The van der Waals surface area contributed by atoms with E-state index in [2.05, 4.69) is 5.32 Å². The molecule has 10 nitrogen and oxygen atoms in total. The summed E-state index contributed by atoms with van der Waals surface area (Å²) >= 11 is 0. The van der Waals surface area contributed by atoms with Crippen LogP contribution in [0, 0.1) is 11.8 Å². The Morgan fingerprint density at radius 2 is 1.76 bits per heavy atom. The summed E-state index contributed by atoms with van der Waals surface area (Å²) in [5.41, 5.74) is 3.27. The minimum Gasteiger partial charge on any atom is -0.504 e. The molecule has 2 heterocycles. The van der Waals surface area contributed by atoms with Crippen LogP contribution < -0.4 is 19.5 Å². The van der Waals surface area contributed by atoms with Gasteiger partial charge in [0.1, 0.15) is 0 Å². The zero-order chi connectivity index (χ0) is 26.6. The highest BCUT2D eigenvalue weighted by atomic mass is 16.7. The number of aromatic hydroxyl groups is 2. The monoisotopic (exact) mass is 519 g/mol. The minimum atomic E-state index is -0.613. The van der Waals surface area contributed by atoms with Crippen LogP contribution in [0.1, 0.15) is 39.0 Å². The summed E-state index contributed by atoms with van der Waals surface area (Å²) < 4.78 is 27.0. The van der Waals surface area contributed by atoms with Crippen LogP contribution in [0.15, 0.2) is 48.5 Å². The third kappa shape index (κ3) is 3.71. The number of ether oxygens (including phenoxy) is 5. The van der Waals surface area contributed by atoms with Crippen molar-refractivity contribution in [3.05, 3.63) is 70.8 Å². The van der Waals surface area contributed by atoms with Gasteiger partial charge in [-0.15, -0.1) is 0 Å². The van der Waals surface area contributed by atoms with Gasteiger partial charge in [0, 0.05) is 17.5 Å². The average molecular weight is 520 g/mol. The van der Waals surface area contributed by atoms with Gasteiger partial charge in [-0.3, -0.25) is 4.79 Å². The van der Waals surface area contributed by atoms with Crippen LogP contribution in [0.25, 0.3) is 0 Å². The molecule has 1 fully saturated rings. The molecule has 2 aliphatic heterocycles. The van der Waals surface area contributed by atoms with Crippen molar-refractivity contribution in [1.29, 1.82) is 0 Å². The number of carbonyl (C=O) groups is 2. The number of rotatable bonds is 5. The van der Waals surface area contributed by atoms with Gasteiger partial charge in [-0.25, -0.2) is 4.79 Å². The van der Waals surface area contributed by atoms with Crippen LogP contribution in [0.4, 0.5) is 5.69 Å². The number of hydrogen-bond acceptors (Lipinski definition) is 10. The number of fused-ring (bicyclic) bond motifs is 3. The zero-order valence-corrected chi connectivity index (χ0v) is 20.6.